The quantitative estimate of drug-likeness (QED) is 0.880. The van der Waals surface area contributed by atoms with Gasteiger partial charge in [0, 0.05) is 0 Å². The van der Waals surface area contributed by atoms with E-state index in [0.717, 1.165) is 5.56 Å². The second-order valence-corrected chi connectivity index (χ2v) is 5.59. The van der Waals surface area contributed by atoms with Crippen LogP contribution in [0, 0.1) is 0 Å². The van der Waals surface area contributed by atoms with E-state index in [1.54, 1.807) is 0 Å². The molecule has 1 atom stereocenters. The van der Waals surface area contributed by atoms with E-state index >= 15 is 0 Å². The highest BCUT2D eigenvalue weighted by Gasteiger charge is 2.33. The van der Waals surface area contributed by atoms with E-state index in [2.05, 4.69) is 5.32 Å². The fourth-order valence-electron chi connectivity index (χ4n) is 1.86. The highest BCUT2D eigenvalue weighted by atomic mass is 16.6. The minimum atomic E-state index is -0.802. The SMILES string of the molecule is CCC(CO)(NC(=O)OC(C)(C)C)c1ccccc1. The van der Waals surface area contributed by atoms with Gasteiger partial charge >= 0.3 is 6.09 Å². The molecule has 4 nitrogen and oxygen atoms in total. The number of alkyl carbamates (subject to hydrolysis) is 1. The molecule has 19 heavy (non-hydrogen) atoms. The van der Waals surface area contributed by atoms with Crippen LogP contribution in [0.3, 0.4) is 0 Å². The molecule has 0 spiro atoms. The third-order valence-electron chi connectivity index (χ3n) is 2.94. The van der Waals surface area contributed by atoms with Crippen LogP contribution in [0.4, 0.5) is 4.79 Å². The summed E-state index contributed by atoms with van der Waals surface area (Å²) >= 11 is 0. The Morgan fingerprint density at radius 2 is 1.84 bits per heavy atom. The van der Waals surface area contributed by atoms with Gasteiger partial charge in [-0.1, -0.05) is 37.3 Å². The largest absolute Gasteiger partial charge is 0.444 e. The summed E-state index contributed by atoms with van der Waals surface area (Å²) in [6.45, 7) is 7.17. The van der Waals surface area contributed by atoms with Gasteiger partial charge in [0.25, 0.3) is 0 Å². The van der Waals surface area contributed by atoms with Gasteiger partial charge in [-0.15, -0.1) is 0 Å². The minimum Gasteiger partial charge on any atom is -0.444 e. The van der Waals surface area contributed by atoms with Crippen molar-refractivity contribution in [3.8, 4) is 0 Å². The maximum Gasteiger partial charge on any atom is 0.408 e. The molecular formula is C15H23NO3. The predicted molar refractivity (Wildman–Crippen MR) is 74.9 cm³/mol. The molecule has 2 N–H and O–H groups in total. The molecule has 0 aliphatic carbocycles. The third kappa shape index (κ3) is 4.24. The van der Waals surface area contributed by atoms with Crippen LogP contribution in [-0.4, -0.2) is 23.4 Å². The van der Waals surface area contributed by atoms with Gasteiger partial charge in [0.1, 0.15) is 5.60 Å². The summed E-state index contributed by atoms with van der Waals surface area (Å²) in [5, 5.41) is 12.5. The van der Waals surface area contributed by atoms with E-state index in [-0.39, 0.29) is 6.61 Å². The highest BCUT2D eigenvalue weighted by molar-refractivity contribution is 5.69. The highest BCUT2D eigenvalue weighted by Crippen LogP contribution is 2.25. The molecular weight excluding hydrogens is 242 g/mol. The molecule has 1 amide bonds. The number of hydrogen-bond donors (Lipinski definition) is 2. The number of carbonyl (C=O) groups excluding carboxylic acids is 1. The zero-order valence-corrected chi connectivity index (χ0v) is 12.1. The molecule has 106 valence electrons. The van der Waals surface area contributed by atoms with Crippen molar-refractivity contribution in [2.24, 2.45) is 0 Å². The fourth-order valence-corrected chi connectivity index (χ4v) is 1.86. The monoisotopic (exact) mass is 265 g/mol. The van der Waals surface area contributed by atoms with Crippen molar-refractivity contribution in [1.29, 1.82) is 0 Å². The molecule has 0 radical (unpaired) electrons. The van der Waals surface area contributed by atoms with Crippen molar-refractivity contribution in [2.75, 3.05) is 6.61 Å². The molecule has 0 saturated carbocycles. The Hall–Kier alpha value is -1.55. The lowest BCUT2D eigenvalue weighted by Gasteiger charge is -2.33. The molecule has 1 rings (SSSR count). The van der Waals surface area contributed by atoms with Gasteiger partial charge in [0.2, 0.25) is 0 Å². The lowest BCUT2D eigenvalue weighted by Crippen LogP contribution is -2.49. The van der Waals surface area contributed by atoms with E-state index in [4.69, 9.17) is 4.74 Å². The lowest BCUT2D eigenvalue weighted by molar-refractivity contribution is 0.0386. The molecule has 1 aromatic carbocycles. The van der Waals surface area contributed by atoms with Crippen molar-refractivity contribution in [2.45, 2.75) is 45.3 Å². The van der Waals surface area contributed by atoms with Crippen LogP contribution in [0.5, 0.6) is 0 Å². The van der Waals surface area contributed by atoms with Crippen LogP contribution in [0.15, 0.2) is 30.3 Å². The first kappa shape index (κ1) is 15.5. The molecule has 4 heteroatoms. The second-order valence-electron chi connectivity index (χ2n) is 5.59. The Morgan fingerprint density at radius 1 is 1.26 bits per heavy atom. The first-order valence-corrected chi connectivity index (χ1v) is 6.50. The van der Waals surface area contributed by atoms with Gasteiger partial charge in [0.15, 0.2) is 0 Å². The number of benzene rings is 1. The number of nitrogens with one attached hydrogen (secondary N) is 1. The average Bonchev–Trinajstić information content (AvgIpc) is 2.35. The topological polar surface area (TPSA) is 58.6 Å². The average molecular weight is 265 g/mol. The zero-order chi connectivity index (χ0) is 14.5. The van der Waals surface area contributed by atoms with Crippen LogP contribution >= 0.6 is 0 Å². The molecule has 0 saturated heterocycles. The summed E-state index contributed by atoms with van der Waals surface area (Å²) in [7, 11) is 0. The van der Waals surface area contributed by atoms with Gasteiger partial charge in [-0.3, -0.25) is 0 Å². The Bertz CT molecular complexity index is 405. The summed E-state index contributed by atoms with van der Waals surface area (Å²) in [6.07, 6.45) is 0.0551. The first-order valence-electron chi connectivity index (χ1n) is 6.50. The van der Waals surface area contributed by atoms with Crippen molar-refractivity contribution >= 4 is 6.09 Å². The minimum absolute atomic E-state index is 0.174. The predicted octanol–water partition coefficient (Wildman–Crippen LogP) is 2.81. The number of carbonyl (C=O) groups is 1. The molecule has 0 aliphatic heterocycles. The number of amides is 1. The molecule has 1 aromatic rings. The van der Waals surface area contributed by atoms with Crippen molar-refractivity contribution in [3.05, 3.63) is 35.9 Å². The fraction of sp³-hybridized carbons (Fsp3) is 0.533. The van der Waals surface area contributed by atoms with Crippen LogP contribution in [-0.2, 0) is 10.3 Å². The Labute approximate surface area is 114 Å². The van der Waals surface area contributed by atoms with Crippen LogP contribution in [0.25, 0.3) is 0 Å². The van der Waals surface area contributed by atoms with Gasteiger partial charge in [-0.25, -0.2) is 4.79 Å². The van der Waals surface area contributed by atoms with Gasteiger partial charge in [-0.05, 0) is 32.8 Å². The van der Waals surface area contributed by atoms with E-state index in [1.807, 2.05) is 58.0 Å². The van der Waals surface area contributed by atoms with Crippen molar-refractivity contribution < 1.29 is 14.6 Å². The molecule has 0 fully saturated rings. The summed E-state index contributed by atoms with van der Waals surface area (Å²) < 4.78 is 5.26. The Kier molecular flexibility index (Phi) is 4.95. The Morgan fingerprint density at radius 3 is 2.26 bits per heavy atom. The third-order valence-corrected chi connectivity index (χ3v) is 2.94. The molecule has 0 aliphatic rings. The summed E-state index contributed by atoms with van der Waals surface area (Å²) in [5.74, 6) is 0. The van der Waals surface area contributed by atoms with Crippen molar-refractivity contribution in [3.63, 3.8) is 0 Å². The number of hydrogen-bond acceptors (Lipinski definition) is 3. The van der Waals surface area contributed by atoms with Crippen molar-refractivity contribution in [1.82, 2.24) is 5.32 Å². The number of aliphatic hydroxyl groups is 1. The summed E-state index contributed by atoms with van der Waals surface area (Å²) in [5.41, 5.74) is -0.495. The number of aliphatic hydroxyl groups excluding tert-OH is 1. The lowest BCUT2D eigenvalue weighted by atomic mass is 9.88. The zero-order valence-electron chi connectivity index (χ0n) is 12.1. The number of rotatable bonds is 4. The van der Waals surface area contributed by atoms with E-state index in [1.165, 1.54) is 0 Å². The smallest absolute Gasteiger partial charge is 0.408 e. The summed E-state index contributed by atoms with van der Waals surface area (Å²) in [6, 6.07) is 9.43. The summed E-state index contributed by atoms with van der Waals surface area (Å²) in [4.78, 5) is 11.9. The van der Waals surface area contributed by atoms with Gasteiger partial charge < -0.3 is 15.2 Å². The van der Waals surface area contributed by atoms with Crippen LogP contribution < -0.4 is 5.32 Å². The van der Waals surface area contributed by atoms with Crippen LogP contribution in [0.1, 0.15) is 39.7 Å². The van der Waals surface area contributed by atoms with Gasteiger partial charge in [0.05, 0.1) is 12.1 Å². The molecule has 0 aromatic heterocycles. The second kappa shape index (κ2) is 6.06. The van der Waals surface area contributed by atoms with E-state index in [0.29, 0.717) is 6.42 Å². The number of ether oxygens (including phenoxy) is 1. The maximum absolute atomic E-state index is 11.9. The van der Waals surface area contributed by atoms with E-state index in [9.17, 15) is 9.90 Å². The standard InChI is InChI=1S/C15H23NO3/c1-5-15(11-17,12-9-7-6-8-10-12)16-13(18)19-14(2,3)4/h6-10,17H,5,11H2,1-4H3,(H,16,18). The maximum atomic E-state index is 11.9. The van der Waals surface area contributed by atoms with Gasteiger partial charge in [-0.2, -0.15) is 0 Å². The molecule has 0 heterocycles. The first-order chi connectivity index (χ1) is 8.83. The Balaban J connectivity index is 2.92. The van der Waals surface area contributed by atoms with Crippen LogP contribution in [0.2, 0.25) is 0 Å². The molecule has 1 unspecified atom stereocenters. The normalized spacial score (nSPS) is 14.6. The molecule has 0 bridgehead atoms. The van der Waals surface area contributed by atoms with E-state index < -0.39 is 17.2 Å².